The fourth-order valence-electron chi connectivity index (χ4n) is 0.541. The van der Waals surface area contributed by atoms with E-state index in [4.69, 9.17) is 11.2 Å². The molecule has 0 aromatic carbocycles. The van der Waals surface area contributed by atoms with Gasteiger partial charge >= 0.3 is 5.97 Å². The molecule has 62 valence electrons. The molecule has 0 saturated carbocycles. The van der Waals surface area contributed by atoms with E-state index in [-0.39, 0.29) is 18.6 Å². The van der Waals surface area contributed by atoms with Crippen molar-refractivity contribution in [3.63, 3.8) is 0 Å². The number of hydrogen-bond donors (Lipinski definition) is 1. The van der Waals surface area contributed by atoms with E-state index >= 15 is 0 Å². The van der Waals surface area contributed by atoms with Crippen molar-refractivity contribution in [3.8, 4) is 12.3 Å². The lowest BCUT2D eigenvalue weighted by Crippen LogP contribution is -2.26. The van der Waals surface area contributed by atoms with E-state index in [0.717, 1.165) is 0 Å². The molecule has 0 bridgehead atoms. The predicted molar refractivity (Wildman–Crippen MR) is 42.9 cm³/mol. The Hall–Kier alpha value is -1.01. The van der Waals surface area contributed by atoms with Crippen LogP contribution in [-0.2, 0) is 9.53 Å². The molecule has 0 atom stereocenters. The summed E-state index contributed by atoms with van der Waals surface area (Å²) in [6.45, 7) is 4.19. The Labute approximate surface area is 67.1 Å². The first kappa shape index (κ1) is 9.99. The van der Waals surface area contributed by atoms with Gasteiger partial charge in [-0.1, -0.05) is 5.92 Å². The van der Waals surface area contributed by atoms with Crippen molar-refractivity contribution in [2.75, 3.05) is 13.1 Å². The molecular formula is C8H13NO2. The first-order chi connectivity index (χ1) is 5.16. The van der Waals surface area contributed by atoms with Crippen LogP contribution in [0.25, 0.3) is 0 Å². The number of carbonyl (C=O) groups excluding carboxylic acids is 1. The second-order valence-electron chi connectivity index (χ2n) is 2.35. The van der Waals surface area contributed by atoms with Crippen LogP contribution in [0, 0.1) is 12.3 Å². The first-order valence-corrected chi connectivity index (χ1v) is 3.50. The van der Waals surface area contributed by atoms with Crippen molar-refractivity contribution >= 4 is 5.97 Å². The molecule has 0 heterocycles. The smallest absolute Gasteiger partial charge is 0.320 e. The molecule has 0 saturated heterocycles. The summed E-state index contributed by atoms with van der Waals surface area (Å²) >= 11 is 0. The molecule has 0 aliphatic heterocycles. The van der Waals surface area contributed by atoms with Crippen LogP contribution < -0.4 is 5.32 Å². The summed E-state index contributed by atoms with van der Waals surface area (Å²) in [6, 6.07) is 0. The number of esters is 1. The molecule has 0 spiro atoms. The van der Waals surface area contributed by atoms with Gasteiger partial charge in [0, 0.05) is 0 Å². The van der Waals surface area contributed by atoms with Crippen LogP contribution in [0.2, 0.25) is 0 Å². The van der Waals surface area contributed by atoms with Crippen LogP contribution in [0.15, 0.2) is 0 Å². The fraction of sp³-hybridized carbons (Fsp3) is 0.625. The van der Waals surface area contributed by atoms with Gasteiger partial charge in [-0.15, -0.1) is 6.42 Å². The van der Waals surface area contributed by atoms with E-state index in [2.05, 4.69) is 11.2 Å². The monoisotopic (exact) mass is 155 g/mol. The van der Waals surface area contributed by atoms with Crippen LogP contribution in [0.3, 0.4) is 0 Å². The van der Waals surface area contributed by atoms with Crippen molar-refractivity contribution in [1.29, 1.82) is 0 Å². The average Bonchev–Trinajstić information content (AvgIpc) is 1.86. The van der Waals surface area contributed by atoms with Crippen LogP contribution in [0.4, 0.5) is 0 Å². The maximum Gasteiger partial charge on any atom is 0.320 e. The number of nitrogens with one attached hydrogen (secondary N) is 1. The minimum atomic E-state index is -0.268. The van der Waals surface area contributed by atoms with Crippen LogP contribution in [0.1, 0.15) is 13.8 Å². The summed E-state index contributed by atoms with van der Waals surface area (Å²) in [4.78, 5) is 10.8. The number of carbonyl (C=O) groups is 1. The third-order valence-corrected chi connectivity index (χ3v) is 0.864. The van der Waals surface area contributed by atoms with E-state index in [1.807, 2.05) is 0 Å². The molecule has 0 aromatic rings. The zero-order valence-corrected chi connectivity index (χ0v) is 6.89. The summed E-state index contributed by atoms with van der Waals surface area (Å²) < 4.78 is 4.83. The maximum absolute atomic E-state index is 10.8. The molecule has 0 aliphatic carbocycles. The van der Waals surface area contributed by atoms with Gasteiger partial charge in [-0.05, 0) is 13.8 Å². The zero-order chi connectivity index (χ0) is 8.69. The van der Waals surface area contributed by atoms with Gasteiger partial charge in [-0.2, -0.15) is 0 Å². The predicted octanol–water partition coefficient (Wildman–Crippen LogP) is 0.161. The molecule has 0 radical (unpaired) electrons. The second-order valence-corrected chi connectivity index (χ2v) is 2.35. The highest BCUT2D eigenvalue weighted by Gasteiger charge is 2.02. The number of hydrogen-bond acceptors (Lipinski definition) is 3. The van der Waals surface area contributed by atoms with Gasteiger partial charge in [0.05, 0.1) is 19.2 Å². The third kappa shape index (κ3) is 6.88. The lowest BCUT2D eigenvalue weighted by molar-refractivity contribution is -0.146. The molecule has 0 amide bonds. The van der Waals surface area contributed by atoms with Gasteiger partial charge in [-0.3, -0.25) is 10.1 Å². The molecular weight excluding hydrogens is 142 g/mol. The lowest BCUT2D eigenvalue weighted by Gasteiger charge is -2.06. The van der Waals surface area contributed by atoms with Crippen LogP contribution in [-0.4, -0.2) is 25.2 Å². The number of rotatable bonds is 4. The lowest BCUT2D eigenvalue weighted by atomic mass is 10.5. The molecule has 3 heteroatoms. The van der Waals surface area contributed by atoms with Crippen molar-refractivity contribution in [2.24, 2.45) is 0 Å². The standard InChI is InChI=1S/C8H13NO2/c1-4-5-9-6-8(10)11-7(2)3/h1,7,9H,5-6H2,2-3H3. The van der Waals surface area contributed by atoms with Gasteiger partial charge in [-0.25, -0.2) is 0 Å². The van der Waals surface area contributed by atoms with Crippen molar-refractivity contribution < 1.29 is 9.53 Å². The van der Waals surface area contributed by atoms with Gasteiger partial charge < -0.3 is 4.74 Å². The van der Waals surface area contributed by atoms with Crippen LogP contribution in [0.5, 0.6) is 0 Å². The van der Waals surface area contributed by atoms with Crippen molar-refractivity contribution in [3.05, 3.63) is 0 Å². The van der Waals surface area contributed by atoms with Gasteiger partial charge in [0.25, 0.3) is 0 Å². The second kappa shape index (κ2) is 5.75. The topological polar surface area (TPSA) is 38.3 Å². The van der Waals surface area contributed by atoms with E-state index in [1.165, 1.54) is 0 Å². The summed E-state index contributed by atoms with van der Waals surface area (Å²) in [7, 11) is 0. The number of terminal acetylenes is 1. The van der Waals surface area contributed by atoms with Crippen molar-refractivity contribution in [2.45, 2.75) is 20.0 Å². The molecule has 1 N–H and O–H groups in total. The molecule has 0 aliphatic rings. The Bertz CT molecular complexity index is 158. The van der Waals surface area contributed by atoms with Crippen molar-refractivity contribution in [1.82, 2.24) is 5.32 Å². The van der Waals surface area contributed by atoms with E-state index < -0.39 is 0 Å². The molecule has 11 heavy (non-hydrogen) atoms. The summed E-state index contributed by atoms with van der Waals surface area (Å²) in [5.74, 6) is 2.09. The SMILES string of the molecule is C#CCNCC(=O)OC(C)C. The minimum Gasteiger partial charge on any atom is -0.462 e. The molecule has 0 unspecified atom stereocenters. The summed E-state index contributed by atoms with van der Waals surface area (Å²) in [6.07, 6.45) is 4.89. The molecule has 0 rings (SSSR count). The van der Waals surface area contributed by atoms with Gasteiger partial charge in [0.2, 0.25) is 0 Å². The Morgan fingerprint density at radius 1 is 1.73 bits per heavy atom. The van der Waals surface area contributed by atoms with Gasteiger partial charge in [0.15, 0.2) is 0 Å². The van der Waals surface area contributed by atoms with Gasteiger partial charge in [0.1, 0.15) is 0 Å². The fourth-order valence-corrected chi connectivity index (χ4v) is 0.541. The molecule has 0 fully saturated rings. The summed E-state index contributed by atoms with van der Waals surface area (Å²) in [5.41, 5.74) is 0. The molecule has 3 nitrogen and oxygen atoms in total. The Kier molecular flexibility index (Phi) is 5.22. The normalized spacial score (nSPS) is 9.27. The summed E-state index contributed by atoms with van der Waals surface area (Å²) in [5, 5.41) is 2.73. The highest BCUT2D eigenvalue weighted by atomic mass is 16.5. The minimum absolute atomic E-state index is 0.0601. The van der Waals surface area contributed by atoms with E-state index in [0.29, 0.717) is 6.54 Å². The Morgan fingerprint density at radius 2 is 2.36 bits per heavy atom. The highest BCUT2D eigenvalue weighted by Crippen LogP contribution is 1.86. The van der Waals surface area contributed by atoms with E-state index in [9.17, 15) is 4.79 Å². The van der Waals surface area contributed by atoms with E-state index in [1.54, 1.807) is 13.8 Å². The third-order valence-electron chi connectivity index (χ3n) is 0.864. The largest absolute Gasteiger partial charge is 0.462 e. The first-order valence-electron chi connectivity index (χ1n) is 3.50. The maximum atomic E-state index is 10.8. The highest BCUT2D eigenvalue weighted by molar-refractivity contribution is 5.71. The quantitative estimate of drug-likeness (QED) is 0.357. The molecule has 0 aromatic heterocycles. The zero-order valence-electron chi connectivity index (χ0n) is 6.89. The Morgan fingerprint density at radius 3 is 2.82 bits per heavy atom. The Balaban J connectivity index is 3.32. The van der Waals surface area contributed by atoms with Crippen LogP contribution >= 0.6 is 0 Å². The average molecular weight is 155 g/mol. The number of ether oxygens (including phenoxy) is 1.